The van der Waals surface area contributed by atoms with Crippen molar-refractivity contribution in [3.8, 4) is 0 Å². The average Bonchev–Trinajstić information content (AvgIpc) is 3.56. The zero-order valence-electron chi connectivity index (χ0n) is 24.2. The molecule has 0 saturated carbocycles. The van der Waals surface area contributed by atoms with Crippen LogP contribution in [0.1, 0.15) is 38.5 Å². The number of nitrogens with one attached hydrogen (secondary N) is 5. The Bertz CT molecular complexity index is 1570. The van der Waals surface area contributed by atoms with Gasteiger partial charge in [0.1, 0.15) is 5.78 Å². The van der Waals surface area contributed by atoms with Crippen LogP contribution in [0, 0.1) is 0 Å². The van der Waals surface area contributed by atoms with Crippen molar-refractivity contribution in [1.82, 2.24) is 36.2 Å². The van der Waals surface area contributed by atoms with E-state index < -0.39 is 17.9 Å². The lowest BCUT2D eigenvalue weighted by Gasteiger charge is -2.29. The van der Waals surface area contributed by atoms with Gasteiger partial charge >= 0.3 is 6.03 Å². The number of benzene rings is 1. The number of aliphatic hydroxyl groups is 1. The summed E-state index contributed by atoms with van der Waals surface area (Å²) < 4.78 is 1.97. The summed E-state index contributed by atoms with van der Waals surface area (Å²) in [6.07, 6.45) is 2.68. The Hall–Kier alpha value is -3.05. The van der Waals surface area contributed by atoms with Crippen molar-refractivity contribution in [2.24, 2.45) is 5.10 Å². The molecule has 2 aromatic rings. The number of fused-ring (bicyclic) bond motifs is 2. The van der Waals surface area contributed by atoms with E-state index in [-0.39, 0.29) is 79.5 Å². The Morgan fingerprint density at radius 2 is 2.00 bits per heavy atom. The number of hydrazone groups is 1. The summed E-state index contributed by atoms with van der Waals surface area (Å²) in [6, 6.07) is 2.56. The van der Waals surface area contributed by atoms with Gasteiger partial charge < -0.3 is 26.4 Å². The highest BCUT2D eigenvalue weighted by atomic mass is 79.9. The predicted octanol–water partition coefficient (Wildman–Crippen LogP) is 0.809. The Morgan fingerprint density at radius 1 is 1.18 bits per heavy atom. The molecule has 242 valence electrons. The van der Waals surface area contributed by atoms with E-state index in [0.717, 1.165) is 18.7 Å². The molecule has 45 heavy (non-hydrogen) atoms. The van der Waals surface area contributed by atoms with Crippen molar-refractivity contribution < 1.29 is 24.3 Å². The van der Waals surface area contributed by atoms with E-state index >= 15 is 0 Å². The van der Waals surface area contributed by atoms with Gasteiger partial charge in [0.25, 0.3) is 11.5 Å². The van der Waals surface area contributed by atoms with Crippen LogP contribution in [0.5, 0.6) is 0 Å². The summed E-state index contributed by atoms with van der Waals surface area (Å²) in [5.74, 6) is -0.399. The molecular weight excluding hydrogens is 692 g/mol. The summed E-state index contributed by atoms with van der Waals surface area (Å²) in [5.41, 5.74) is 2.95. The molecule has 3 saturated heterocycles. The largest absolute Gasteiger partial charge is 0.391 e. The van der Waals surface area contributed by atoms with Crippen LogP contribution in [-0.4, -0.2) is 92.3 Å². The van der Waals surface area contributed by atoms with Crippen molar-refractivity contribution in [3.05, 3.63) is 38.3 Å². The molecule has 1 aromatic heterocycles. The number of nitrogens with zero attached hydrogens (tertiary/aromatic N) is 3. The number of carbonyl (C=O) groups is 4. The number of amides is 4. The first-order valence-corrected chi connectivity index (χ1v) is 16.9. The number of halogens is 2. The first-order chi connectivity index (χ1) is 21.6. The van der Waals surface area contributed by atoms with Crippen molar-refractivity contribution in [3.63, 3.8) is 0 Å². The number of thioether (sulfide) groups is 1. The van der Waals surface area contributed by atoms with Gasteiger partial charge in [-0.05, 0) is 47.4 Å². The van der Waals surface area contributed by atoms with Gasteiger partial charge in [0.05, 0.1) is 59.2 Å². The first-order valence-electron chi connectivity index (χ1n) is 14.6. The summed E-state index contributed by atoms with van der Waals surface area (Å²) >= 11 is 11.2. The molecule has 5 atom stereocenters. The number of hydrogen-bond donors (Lipinski definition) is 6. The number of urea groups is 1. The number of aliphatic hydroxyl groups excluding tert-OH is 1. The summed E-state index contributed by atoms with van der Waals surface area (Å²) in [6.45, 7) is 0.351. The molecule has 0 aliphatic carbocycles. The van der Waals surface area contributed by atoms with Crippen molar-refractivity contribution >= 4 is 79.5 Å². The fraction of sp³-hybridized carbons (Fsp3) is 0.536. The smallest absolute Gasteiger partial charge is 0.315 e. The molecule has 3 aliphatic rings. The highest BCUT2D eigenvalue weighted by molar-refractivity contribution is 9.10. The standard InChI is InChI=1S/C28H34BrClN8O6S/c29-17-9-19-16(8-18(17)30)27(43)38(13-33-19)11-14(6-20-22(40)2-1-5-31-20)36-37-25(42)10-32-24(41)4-3-15(39)7-23-26-21(12-45-23)34-28(44)35-26/h8-9,13,20-23,26,31,40H,1-7,10-12H2,(H,32,41)(H,37,42)(H2,34,35,44)/b36-14-. The minimum atomic E-state index is -0.619. The van der Waals surface area contributed by atoms with Crippen LogP contribution in [0.25, 0.3) is 10.9 Å². The third-order valence-corrected chi connectivity index (χ3v) is 10.6. The van der Waals surface area contributed by atoms with E-state index in [1.54, 1.807) is 17.8 Å². The molecule has 0 bridgehead atoms. The van der Waals surface area contributed by atoms with Crippen molar-refractivity contribution in [2.75, 3.05) is 18.8 Å². The number of carbonyl (C=O) groups excluding carboxylic acids is 4. The van der Waals surface area contributed by atoms with Gasteiger partial charge in [-0.2, -0.15) is 16.9 Å². The minimum absolute atomic E-state index is 0.00423. The number of ketones is 1. The Kier molecular flexibility index (Phi) is 11.1. The van der Waals surface area contributed by atoms with E-state index in [1.807, 2.05) is 0 Å². The number of aromatic nitrogens is 2. The van der Waals surface area contributed by atoms with Crippen LogP contribution in [0.2, 0.25) is 5.02 Å². The summed E-state index contributed by atoms with van der Waals surface area (Å²) in [4.78, 5) is 66.5. The van der Waals surface area contributed by atoms with Gasteiger partial charge in [-0.25, -0.2) is 15.2 Å². The zero-order chi connectivity index (χ0) is 32.1. The number of rotatable bonds is 12. The van der Waals surface area contributed by atoms with Crippen LogP contribution in [0.3, 0.4) is 0 Å². The van der Waals surface area contributed by atoms with Crippen molar-refractivity contribution in [1.29, 1.82) is 0 Å². The lowest BCUT2D eigenvalue weighted by molar-refractivity contribution is -0.127. The Balaban J connectivity index is 1.15. The molecule has 4 heterocycles. The maximum atomic E-state index is 13.2. The quantitative estimate of drug-likeness (QED) is 0.104. The zero-order valence-corrected chi connectivity index (χ0v) is 27.3. The van der Waals surface area contributed by atoms with Crippen molar-refractivity contribution in [2.45, 2.75) is 74.5 Å². The number of hydrogen-bond acceptors (Lipinski definition) is 10. The second-order valence-corrected chi connectivity index (χ2v) is 13.8. The molecule has 14 nitrogen and oxygen atoms in total. The number of piperidine rings is 1. The van der Waals surface area contributed by atoms with Crippen LogP contribution in [0.4, 0.5) is 4.79 Å². The maximum Gasteiger partial charge on any atom is 0.315 e. The fourth-order valence-electron chi connectivity index (χ4n) is 5.60. The molecule has 1 aromatic carbocycles. The highest BCUT2D eigenvalue weighted by Crippen LogP contribution is 2.32. The van der Waals surface area contributed by atoms with Crippen LogP contribution in [0.15, 0.2) is 32.8 Å². The van der Waals surface area contributed by atoms with Gasteiger partial charge in [0.15, 0.2) is 0 Å². The third kappa shape index (κ3) is 8.61. The van der Waals surface area contributed by atoms with E-state index in [9.17, 15) is 29.1 Å². The fourth-order valence-corrected chi connectivity index (χ4v) is 7.61. The predicted molar refractivity (Wildman–Crippen MR) is 173 cm³/mol. The van der Waals surface area contributed by atoms with Crippen LogP contribution in [-0.2, 0) is 20.9 Å². The van der Waals surface area contributed by atoms with Gasteiger partial charge in [-0.1, -0.05) is 11.6 Å². The van der Waals surface area contributed by atoms with Crippen LogP contribution >= 0.6 is 39.3 Å². The molecule has 3 aliphatic heterocycles. The van der Waals surface area contributed by atoms with E-state index in [4.69, 9.17) is 11.6 Å². The lowest BCUT2D eigenvalue weighted by Crippen LogP contribution is -2.46. The molecule has 5 unspecified atom stereocenters. The van der Waals surface area contributed by atoms with Gasteiger partial charge in [-0.15, -0.1) is 0 Å². The van der Waals surface area contributed by atoms with Gasteiger partial charge in [0.2, 0.25) is 5.91 Å². The highest BCUT2D eigenvalue weighted by Gasteiger charge is 2.43. The molecular formula is C28H34BrClN8O6S. The normalized spacial score (nSPS) is 24.6. The van der Waals surface area contributed by atoms with E-state index in [1.165, 1.54) is 17.0 Å². The van der Waals surface area contributed by atoms with Crippen LogP contribution < -0.4 is 32.3 Å². The molecule has 17 heteroatoms. The van der Waals surface area contributed by atoms with Gasteiger partial charge in [-0.3, -0.25) is 23.7 Å². The molecule has 5 rings (SSSR count). The third-order valence-electron chi connectivity index (χ3n) is 8.00. The Morgan fingerprint density at radius 3 is 2.80 bits per heavy atom. The lowest BCUT2D eigenvalue weighted by atomic mass is 9.96. The van der Waals surface area contributed by atoms with E-state index in [2.05, 4.69) is 52.7 Å². The molecule has 0 radical (unpaired) electrons. The number of Topliss-reactive ketones (excluding diaryl/α,β-unsaturated/α-hetero) is 1. The maximum absolute atomic E-state index is 13.2. The Labute approximate surface area is 276 Å². The van der Waals surface area contributed by atoms with Gasteiger partial charge in [0, 0.05) is 47.2 Å². The molecule has 0 spiro atoms. The summed E-state index contributed by atoms with van der Waals surface area (Å²) in [5, 5.41) is 26.8. The monoisotopic (exact) mass is 724 g/mol. The topological polar surface area (TPSA) is 196 Å². The SMILES string of the molecule is O=C(CCC(=O)NCC(=O)N/N=C(/CC1NCCCC1O)Cn1cnc2cc(Br)c(Cl)cc2c1=O)CC1SCC2NC(=O)NC21. The molecule has 4 amide bonds. The minimum Gasteiger partial charge on any atom is -0.391 e. The first kappa shape index (κ1) is 33.3. The second-order valence-electron chi connectivity index (χ2n) is 11.3. The summed E-state index contributed by atoms with van der Waals surface area (Å²) in [7, 11) is 0. The average molecular weight is 726 g/mol. The molecule has 6 N–H and O–H groups in total. The van der Waals surface area contributed by atoms with E-state index in [0.29, 0.717) is 32.5 Å². The molecule has 3 fully saturated rings. The second kappa shape index (κ2) is 15.0.